The molecule has 0 spiro atoms. The average Bonchev–Trinajstić information content (AvgIpc) is 2.74. The minimum atomic E-state index is -3.77. The molecular formula is C23H23ClN2O3S. The lowest BCUT2D eigenvalue weighted by molar-refractivity contribution is 0.0935. The van der Waals surface area contributed by atoms with Crippen LogP contribution in [0.15, 0.2) is 77.7 Å². The lowest BCUT2D eigenvalue weighted by Gasteiger charge is -2.20. The summed E-state index contributed by atoms with van der Waals surface area (Å²) >= 11 is 6.25. The summed E-state index contributed by atoms with van der Waals surface area (Å²) in [6.45, 7) is 3.99. The molecule has 1 amide bonds. The van der Waals surface area contributed by atoms with Crippen molar-refractivity contribution in [1.82, 2.24) is 5.32 Å². The Kier molecular flexibility index (Phi) is 6.80. The lowest BCUT2D eigenvalue weighted by Crippen LogP contribution is -2.29. The second-order valence-electron chi connectivity index (χ2n) is 6.90. The summed E-state index contributed by atoms with van der Waals surface area (Å²) in [7, 11) is -3.77. The molecule has 2 N–H and O–H groups in total. The van der Waals surface area contributed by atoms with Gasteiger partial charge in [0.1, 0.15) is 0 Å². The van der Waals surface area contributed by atoms with Crippen molar-refractivity contribution < 1.29 is 13.2 Å². The summed E-state index contributed by atoms with van der Waals surface area (Å²) in [6.07, 6.45) is 0.703. The molecule has 0 aromatic heterocycles. The average molecular weight is 443 g/mol. The van der Waals surface area contributed by atoms with Crippen LogP contribution in [0.25, 0.3) is 0 Å². The van der Waals surface area contributed by atoms with E-state index in [1.165, 1.54) is 30.3 Å². The van der Waals surface area contributed by atoms with Gasteiger partial charge in [0, 0.05) is 5.69 Å². The van der Waals surface area contributed by atoms with E-state index in [2.05, 4.69) is 10.0 Å². The SMILES string of the molecule is CCC(NC(=O)c1cc(NS(=O)(=O)c2ccccc2)ccc1Cl)c1ccccc1C. The Morgan fingerprint density at radius 3 is 2.33 bits per heavy atom. The van der Waals surface area contributed by atoms with Crippen LogP contribution in [-0.2, 0) is 10.0 Å². The molecule has 0 saturated carbocycles. The number of amides is 1. The van der Waals surface area contributed by atoms with Crippen molar-refractivity contribution >= 4 is 33.2 Å². The van der Waals surface area contributed by atoms with Crippen LogP contribution in [0.2, 0.25) is 5.02 Å². The van der Waals surface area contributed by atoms with E-state index in [0.717, 1.165) is 11.1 Å². The highest BCUT2D eigenvalue weighted by Crippen LogP contribution is 2.25. The second kappa shape index (κ2) is 9.32. The number of halogens is 1. The highest BCUT2D eigenvalue weighted by molar-refractivity contribution is 7.92. The molecule has 5 nitrogen and oxygen atoms in total. The van der Waals surface area contributed by atoms with Gasteiger partial charge < -0.3 is 5.32 Å². The van der Waals surface area contributed by atoms with Crippen LogP contribution >= 0.6 is 11.6 Å². The molecule has 0 saturated heterocycles. The zero-order chi connectivity index (χ0) is 21.7. The zero-order valence-electron chi connectivity index (χ0n) is 16.7. The first kappa shape index (κ1) is 21.9. The molecule has 30 heavy (non-hydrogen) atoms. The predicted molar refractivity (Wildman–Crippen MR) is 120 cm³/mol. The molecule has 156 valence electrons. The van der Waals surface area contributed by atoms with Crippen molar-refractivity contribution in [2.24, 2.45) is 0 Å². The Hall–Kier alpha value is -2.83. The monoisotopic (exact) mass is 442 g/mol. The first-order valence-corrected chi connectivity index (χ1v) is 11.4. The second-order valence-corrected chi connectivity index (χ2v) is 8.99. The highest BCUT2D eigenvalue weighted by atomic mass is 35.5. The van der Waals surface area contributed by atoms with Crippen LogP contribution in [-0.4, -0.2) is 14.3 Å². The Morgan fingerprint density at radius 2 is 1.67 bits per heavy atom. The van der Waals surface area contributed by atoms with E-state index >= 15 is 0 Å². The fourth-order valence-electron chi connectivity index (χ4n) is 3.19. The van der Waals surface area contributed by atoms with Gasteiger partial charge in [0.15, 0.2) is 0 Å². The molecule has 3 aromatic carbocycles. The molecule has 0 fully saturated rings. The maximum absolute atomic E-state index is 12.9. The quantitative estimate of drug-likeness (QED) is 0.519. The molecule has 1 atom stereocenters. The van der Waals surface area contributed by atoms with Crippen molar-refractivity contribution in [3.8, 4) is 0 Å². The molecule has 7 heteroatoms. The van der Waals surface area contributed by atoms with Crippen molar-refractivity contribution in [3.63, 3.8) is 0 Å². The van der Waals surface area contributed by atoms with E-state index in [0.29, 0.717) is 6.42 Å². The topological polar surface area (TPSA) is 75.3 Å². The Morgan fingerprint density at radius 1 is 1.00 bits per heavy atom. The Balaban J connectivity index is 1.84. The first-order valence-electron chi connectivity index (χ1n) is 9.55. The van der Waals surface area contributed by atoms with Crippen molar-refractivity contribution in [2.45, 2.75) is 31.2 Å². The number of sulfonamides is 1. The largest absolute Gasteiger partial charge is 0.345 e. The first-order chi connectivity index (χ1) is 14.3. The van der Waals surface area contributed by atoms with Gasteiger partial charge in [-0.25, -0.2) is 8.42 Å². The number of benzene rings is 3. The number of hydrogen-bond donors (Lipinski definition) is 2. The summed E-state index contributed by atoms with van der Waals surface area (Å²) in [5.41, 5.74) is 2.58. The number of carbonyl (C=O) groups is 1. The van der Waals surface area contributed by atoms with Crippen molar-refractivity contribution in [3.05, 3.63) is 94.5 Å². The van der Waals surface area contributed by atoms with Gasteiger partial charge in [-0.1, -0.05) is 61.0 Å². The van der Waals surface area contributed by atoms with Gasteiger partial charge in [-0.15, -0.1) is 0 Å². The third kappa shape index (κ3) is 5.01. The van der Waals surface area contributed by atoms with Gasteiger partial charge in [-0.2, -0.15) is 0 Å². The fraction of sp³-hybridized carbons (Fsp3) is 0.174. The third-order valence-corrected chi connectivity index (χ3v) is 6.52. The zero-order valence-corrected chi connectivity index (χ0v) is 18.3. The minimum absolute atomic E-state index is 0.136. The molecule has 1 unspecified atom stereocenters. The molecule has 0 aliphatic heterocycles. The summed E-state index contributed by atoms with van der Waals surface area (Å²) in [4.78, 5) is 13.1. The maximum Gasteiger partial charge on any atom is 0.261 e. The number of carbonyl (C=O) groups excluding carboxylic acids is 1. The van der Waals surface area contributed by atoms with Crippen LogP contribution in [0, 0.1) is 6.92 Å². The van der Waals surface area contributed by atoms with Crippen LogP contribution in [0.4, 0.5) is 5.69 Å². The van der Waals surface area contributed by atoms with E-state index in [1.807, 2.05) is 38.1 Å². The van der Waals surface area contributed by atoms with E-state index < -0.39 is 10.0 Å². The number of rotatable bonds is 7. The van der Waals surface area contributed by atoms with E-state index in [9.17, 15) is 13.2 Å². The van der Waals surface area contributed by atoms with Crippen LogP contribution in [0.1, 0.15) is 40.9 Å². The smallest absolute Gasteiger partial charge is 0.261 e. The minimum Gasteiger partial charge on any atom is -0.345 e. The summed E-state index contributed by atoms with van der Waals surface area (Å²) in [5.74, 6) is -0.365. The van der Waals surface area contributed by atoms with E-state index in [4.69, 9.17) is 11.6 Å². The summed E-state index contributed by atoms with van der Waals surface area (Å²) in [5, 5.41) is 3.25. The number of aryl methyl sites for hydroxylation is 1. The van der Waals surface area contributed by atoms with E-state index in [1.54, 1.807) is 18.2 Å². The Labute approximate surface area is 182 Å². The van der Waals surface area contributed by atoms with Crippen molar-refractivity contribution in [2.75, 3.05) is 4.72 Å². The molecule has 0 bridgehead atoms. The standard InChI is InChI=1S/C23H23ClN2O3S/c1-3-22(19-12-8-7-9-16(19)2)25-23(27)20-15-17(13-14-21(20)24)26-30(28,29)18-10-5-4-6-11-18/h4-15,22,26H,3H2,1-2H3,(H,25,27). The third-order valence-electron chi connectivity index (χ3n) is 4.79. The normalized spacial score (nSPS) is 12.2. The van der Waals surface area contributed by atoms with Gasteiger partial charge in [0.2, 0.25) is 0 Å². The molecule has 0 radical (unpaired) electrons. The van der Waals surface area contributed by atoms with Gasteiger partial charge >= 0.3 is 0 Å². The molecule has 0 aliphatic carbocycles. The van der Waals surface area contributed by atoms with Gasteiger partial charge in [0.25, 0.3) is 15.9 Å². The molecule has 3 aromatic rings. The summed E-state index contributed by atoms with van der Waals surface area (Å²) < 4.78 is 27.6. The molecule has 3 rings (SSSR count). The number of anilines is 1. The van der Waals surface area contributed by atoms with E-state index in [-0.39, 0.29) is 33.1 Å². The van der Waals surface area contributed by atoms with Gasteiger partial charge in [0.05, 0.1) is 21.5 Å². The van der Waals surface area contributed by atoms with Gasteiger partial charge in [-0.3, -0.25) is 9.52 Å². The maximum atomic E-state index is 12.9. The Bertz CT molecular complexity index is 1150. The lowest BCUT2D eigenvalue weighted by atomic mass is 9.99. The summed E-state index contributed by atoms with van der Waals surface area (Å²) in [6, 6.07) is 20.2. The van der Waals surface area contributed by atoms with Crippen LogP contribution < -0.4 is 10.0 Å². The number of nitrogens with one attached hydrogen (secondary N) is 2. The fourth-order valence-corrected chi connectivity index (χ4v) is 4.46. The molecule has 0 heterocycles. The van der Waals surface area contributed by atoms with Crippen molar-refractivity contribution in [1.29, 1.82) is 0 Å². The highest BCUT2D eigenvalue weighted by Gasteiger charge is 2.19. The van der Waals surface area contributed by atoms with Gasteiger partial charge in [-0.05, 0) is 54.8 Å². The number of hydrogen-bond acceptors (Lipinski definition) is 3. The predicted octanol–water partition coefficient (Wildman–Crippen LogP) is 5.33. The van der Waals surface area contributed by atoms with Crippen LogP contribution in [0.5, 0.6) is 0 Å². The molecule has 0 aliphatic rings. The van der Waals surface area contributed by atoms with Crippen LogP contribution in [0.3, 0.4) is 0 Å². The molecular weight excluding hydrogens is 420 g/mol.